The number of rotatable bonds is 8. The number of carbonyl (C=O) groups is 2. The van der Waals surface area contributed by atoms with Crippen LogP contribution in [0.3, 0.4) is 0 Å². The topological polar surface area (TPSA) is 98.0 Å². The maximum Gasteiger partial charge on any atom is 0.257 e. The number of hydrogen-bond acceptors (Lipinski definition) is 4. The lowest BCUT2D eigenvalue weighted by atomic mass is 10.1. The van der Waals surface area contributed by atoms with Crippen LogP contribution in [-0.4, -0.2) is 32.7 Å². The number of pyridine rings is 1. The number of aromatic nitrogens is 3. The SMILES string of the molecule is CC(C)CNC(=O)c1cn(C(C)C)cc(C(=O)NCc2cccc(-n3cccn3)c2)c1=O. The van der Waals surface area contributed by atoms with Crippen molar-refractivity contribution in [2.24, 2.45) is 5.92 Å². The van der Waals surface area contributed by atoms with Gasteiger partial charge in [-0.3, -0.25) is 14.4 Å². The average molecular weight is 436 g/mol. The summed E-state index contributed by atoms with van der Waals surface area (Å²) in [5.74, 6) is -0.748. The third-order valence-corrected chi connectivity index (χ3v) is 4.93. The fraction of sp³-hybridized carbons (Fsp3) is 0.333. The maximum atomic E-state index is 12.9. The molecule has 2 heterocycles. The Morgan fingerprint density at radius 3 is 2.28 bits per heavy atom. The van der Waals surface area contributed by atoms with Crippen molar-refractivity contribution in [2.75, 3.05) is 6.54 Å². The summed E-state index contributed by atoms with van der Waals surface area (Å²) in [7, 11) is 0. The molecule has 0 aliphatic heterocycles. The highest BCUT2D eigenvalue weighted by Crippen LogP contribution is 2.11. The Labute approximate surface area is 187 Å². The number of carbonyl (C=O) groups excluding carboxylic acids is 2. The van der Waals surface area contributed by atoms with Crippen LogP contribution >= 0.6 is 0 Å². The first kappa shape index (κ1) is 23.0. The van der Waals surface area contributed by atoms with E-state index in [0.29, 0.717) is 6.54 Å². The summed E-state index contributed by atoms with van der Waals surface area (Å²) in [5.41, 5.74) is 1.06. The lowest BCUT2D eigenvalue weighted by Crippen LogP contribution is -2.36. The first-order chi connectivity index (χ1) is 15.3. The Hall–Kier alpha value is -3.68. The van der Waals surface area contributed by atoms with Crippen molar-refractivity contribution in [3.63, 3.8) is 0 Å². The second-order valence-corrected chi connectivity index (χ2v) is 8.36. The van der Waals surface area contributed by atoms with Gasteiger partial charge in [-0.05, 0) is 43.5 Å². The van der Waals surface area contributed by atoms with Crippen LogP contribution in [0.25, 0.3) is 5.69 Å². The van der Waals surface area contributed by atoms with Crippen molar-refractivity contribution in [3.8, 4) is 5.69 Å². The van der Waals surface area contributed by atoms with E-state index < -0.39 is 17.2 Å². The van der Waals surface area contributed by atoms with E-state index in [9.17, 15) is 14.4 Å². The zero-order valence-electron chi connectivity index (χ0n) is 18.8. The summed E-state index contributed by atoms with van der Waals surface area (Å²) in [6.07, 6.45) is 6.54. The predicted octanol–water partition coefficient (Wildman–Crippen LogP) is 2.93. The van der Waals surface area contributed by atoms with Crippen molar-refractivity contribution in [1.82, 2.24) is 25.0 Å². The fourth-order valence-corrected chi connectivity index (χ4v) is 3.12. The molecule has 8 heteroatoms. The summed E-state index contributed by atoms with van der Waals surface area (Å²) in [4.78, 5) is 38.4. The van der Waals surface area contributed by atoms with Gasteiger partial charge in [0.15, 0.2) is 0 Å². The zero-order chi connectivity index (χ0) is 23.3. The van der Waals surface area contributed by atoms with Gasteiger partial charge in [0.2, 0.25) is 5.43 Å². The number of amides is 2. The van der Waals surface area contributed by atoms with E-state index in [2.05, 4.69) is 15.7 Å². The summed E-state index contributed by atoms with van der Waals surface area (Å²) in [5, 5.41) is 9.76. The van der Waals surface area contributed by atoms with Crippen LogP contribution < -0.4 is 16.1 Å². The van der Waals surface area contributed by atoms with Crippen LogP contribution in [0.15, 0.2) is 59.9 Å². The summed E-state index contributed by atoms with van der Waals surface area (Å²) in [6.45, 7) is 8.46. The van der Waals surface area contributed by atoms with Gasteiger partial charge < -0.3 is 15.2 Å². The first-order valence-corrected chi connectivity index (χ1v) is 10.7. The van der Waals surface area contributed by atoms with Crippen molar-refractivity contribution in [3.05, 3.63) is 82.0 Å². The number of hydrogen-bond donors (Lipinski definition) is 2. The molecule has 168 valence electrons. The molecule has 0 spiro atoms. The molecule has 2 amide bonds. The van der Waals surface area contributed by atoms with Gasteiger partial charge in [0.25, 0.3) is 11.8 Å². The smallest absolute Gasteiger partial charge is 0.257 e. The Balaban J connectivity index is 1.82. The number of nitrogens with zero attached hydrogens (tertiary/aromatic N) is 3. The molecule has 3 rings (SSSR count). The summed E-state index contributed by atoms with van der Waals surface area (Å²) >= 11 is 0. The Kier molecular flexibility index (Phi) is 7.25. The first-order valence-electron chi connectivity index (χ1n) is 10.7. The molecule has 0 radical (unpaired) electrons. The molecule has 1 aromatic carbocycles. The molecule has 3 aromatic rings. The van der Waals surface area contributed by atoms with Crippen molar-refractivity contribution in [1.29, 1.82) is 0 Å². The highest BCUT2D eigenvalue weighted by molar-refractivity contribution is 5.99. The quantitative estimate of drug-likeness (QED) is 0.568. The molecule has 2 N–H and O–H groups in total. The molecule has 32 heavy (non-hydrogen) atoms. The average Bonchev–Trinajstić information content (AvgIpc) is 3.31. The molecule has 0 fully saturated rings. The molecule has 0 saturated heterocycles. The van der Waals surface area contributed by atoms with Gasteiger partial charge in [-0.1, -0.05) is 26.0 Å². The lowest BCUT2D eigenvalue weighted by molar-refractivity contribution is 0.0946. The molecular formula is C24H29N5O3. The van der Waals surface area contributed by atoms with Crippen LogP contribution in [0.5, 0.6) is 0 Å². The van der Waals surface area contributed by atoms with Crippen molar-refractivity contribution in [2.45, 2.75) is 40.3 Å². The molecule has 0 aliphatic carbocycles. The fourth-order valence-electron chi connectivity index (χ4n) is 3.12. The molecule has 8 nitrogen and oxygen atoms in total. The van der Waals surface area contributed by atoms with Crippen LogP contribution in [0.4, 0.5) is 0 Å². The van der Waals surface area contributed by atoms with E-state index in [1.807, 2.05) is 64.2 Å². The summed E-state index contributed by atoms with van der Waals surface area (Å²) < 4.78 is 3.44. The van der Waals surface area contributed by atoms with E-state index in [1.54, 1.807) is 15.4 Å². The number of nitrogens with one attached hydrogen (secondary N) is 2. The van der Waals surface area contributed by atoms with Crippen LogP contribution in [0.2, 0.25) is 0 Å². The van der Waals surface area contributed by atoms with Gasteiger partial charge in [0.05, 0.1) is 5.69 Å². The van der Waals surface area contributed by atoms with Gasteiger partial charge in [-0.2, -0.15) is 5.10 Å². The monoisotopic (exact) mass is 435 g/mol. The Morgan fingerprint density at radius 1 is 1.00 bits per heavy atom. The highest BCUT2D eigenvalue weighted by atomic mass is 16.2. The van der Waals surface area contributed by atoms with E-state index in [4.69, 9.17) is 0 Å². The molecule has 0 unspecified atom stereocenters. The van der Waals surface area contributed by atoms with E-state index in [0.717, 1.165) is 11.3 Å². The molecule has 2 aromatic heterocycles. The minimum absolute atomic E-state index is 0.0236. The van der Waals surface area contributed by atoms with E-state index >= 15 is 0 Å². The van der Waals surface area contributed by atoms with Gasteiger partial charge in [0, 0.05) is 43.9 Å². The minimum Gasteiger partial charge on any atom is -0.352 e. The zero-order valence-corrected chi connectivity index (χ0v) is 18.8. The second-order valence-electron chi connectivity index (χ2n) is 8.36. The molecule has 0 saturated carbocycles. The second kappa shape index (κ2) is 10.1. The minimum atomic E-state index is -0.578. The largest absolute Gasteiger partial charge is 0.352 e. The molecular weight excluding hydrogens is 406 g/mol. The summed E-state index contributed by atoms with van der Waals surface area (Å²) in [6, 6.07) is 9.40. The van der Waals surface area contributed by atoms with Gasteiger partial charge >= 0.3 is 0 Å². The van der Waals surface area contributed by atoms with Gasteiger partial charge in [-0.25, -0.2) is 4.68 Å². The Bertz CT molecular complexity index is 1150. The standard InChI is InChI=1S/C24H29N5O3/c1-16(2)12-25-23(31)20-14-28(17(3)4)15-21(22(20)30)24(32)26-13-18-7-5-8-19(11-18)29-10-6-9-27-29/h5-11,14-17H,12-13H2,1-4H3,(H,25,31)(H,26,32). The lowest BCUT2D eigenvalue weighted by Gasteiger charge is -2.15. The highest BCUT2D eigenvalue weighted by Gasteiger charge is 2.20. The van der Waals surface area contributed by atoms with Crippen molar-refractivity contribution >= 4 is 11.8 Å². The van der Waals surface area contributed by atoms with E-state index in [-0.39, 0.29) is 29.6 Å². The molecule has 0 bridgehead atoms. The van der Waals surface area contributed by atoms with Crippen LogP contribution in [0.1, 0.15) is 60.0 Å². The van der Waals surface area contributed by atoms with Crippen molar-refractivity contribution < 1.29 is 9.59 Å². The van der Waals surface area contributed by atoms with E-state index in [1.165, 1.54) is 12.4 Å². The third kappa shape index (κ3) is 5.51. The maximum absolute atomic E-state index is 12.9. The molecule has 0 atom stereocenters. The molecule has 0 aliphatic rings. The van der Waals surface area contributed by atoms with Gasteiger partial charge in [-0.15, -0.1) is 0 Å². The van der Waals surface area contributed by atoms with Crippen LogP contribution in [-0.2, 0) is 6.54 Å². The predicted molar refractivity (Wildman–Crippen MR) is 123 cm³/mol. The van der Waals surface area contributed by atoms with Crippen LogP contribution in [0, 0.1) is 5.92 Å². The normalized spacial score (nSPS) is 11.1. The number of benzene rings is 1. The van der Waals surface area contributed by atoms with Gasteiger partial charge in [0.1, 0.15) is 11.1 Å². The third-order valence-electron chi connectivity index (χ3n) is 4.93. The Morgan fingerprint density at radius 2 is 1.69 bits per heavy atom.